The Kier molecular flexibility index (Phi) is 6.97. The molecular formula is C28H28N2O4. The maximum atomic E-state index is 13.0. The molecule has 0 radical (unpaired) electrons. The molecule has 2 N–H and O–H groups in total. The fourth-order valence-electron chi connectivity index (χ4n) is 3.95. The number of carbonyl (C=O) groups excluding carboxylic acids is 2. The Labute approximate surface area is 199 Å². The highest BCUT2D eigenvalue weighted by Gasteiger charge is 2.34. The summed E-state index contributed by atoms with van der Waals surface area (Å²) in [7, 11) is 0. The minimum Gasteiger partial charge on any atom is -0.489 e. The van der Waals surface area contributed by atoms with Gasteiger partial charge in [0.05, 0.1) is 23.9 Å². The Morgan fingerprint density at radius 1 is 0.971 bits per heavy atom. The van der Waals surface area contributed by atoms with Crippen LogP contribution in [-0.4, -0.2) is 18.6 Å². The van der Waals surface area contributed by atoms with Gasteiger partial charge in [-0.2, -0.15) is 0 Å². The lowest BCUT2D eigenvalue weighted by Crippen LogP contribution is -2.45. The number of aryl methyl sites for hydroxylation is 2. The summed E-state index contributed by atoms with van der Waals surface area (Å²) in [5.74, 6) is 0.226. The van der Waals surface area contributed by atoms with Crippen LogP contribution in [0.4, 0.5) is 4.79 Å². The molecule has 174 valence electrons. The predicted molar refractivity (Wildman–Crippen MR) is 131 cm³/mol. The van der Waals surface area contributed by atoms with Crippen molar-refractivity contribution in [3.8, 4) is 5.75 Å². The summed E-state index contributed by atoms with van der Waals surface area (Å²) in [4.78, 5) is 25.5. The Balaban J connectivity index is 1.62. The topological polar surface area (TPSA) is 76.7 Å². The molecule has 4 rings (SSSR count). The zero-order valence-electron chi connectivity index (χ0n) is 19.6. The van der Waals surface area contributed by atoms with E-state index in [1.165, 1.54) is 11.1 Å². The van der Waals surface area contributed by atoms with Gasteiger partial charge in [-0.25, -0.2) is 9.59 Å². The molecule has 0 aliphatic carbocycles. The summed E-state index contributed by atoms with van der Waals surface area (Å²) in [6.07, 6.45) is 0. The largest absolute Gasteiger partial charge is 0.489 e. The van der Waals surface area contributed by atoms with Gasteiger partial charge >= 0.3 is 12.0 Å². The number of ether oxygens (including phenoxy) is 2. The molecular weight excluding hydrogens is 428 g/mol. The van der Waals surface area contributed by atoms with E-state index in [9.17, 15) is 9.59 Å². The number of rotatable bonds is 7. The summed E-state index contributed by atoms with van der Waals surface area (Å²) < 4.78 is 11.3. The van der Waals surface area contributed by atoms with Gasteiger partial charge in [-0.1, -0.05) is 66.2 Å². The van der Waals surface area contributed by atoms with E-state index in [0.29, 0.717) is 23.6 Å². The number of benzene rings is 3. The van der Waals surface area contributed by atoms with Gasteiger partial charge in [0.1, 0.15) is 12.4 Å². The minimum atomic E-state index is -0.656. The van der Waals surface area contributed by atoms with Gasteiger partial charge in [-0.3, -0.25) is 0 Å². The van der Waals surface area contributed by atoms with E-state index in [0.717, 1.165) is 16.7 Å². The van der Waals surface area contributed by atoms with Gasteiger partial charge in [0.2, 0.25) is 0 Å². The summed E-state index contributed by atoms with van der Waals surface area (Å²) in [6.45, 7) is 6.57. The first kappa shape index (κ1) is 23.1. The van der Waals surface area contributed by atoms with Crippen LogP contribution in [0.3, 0.4) is 0 Å². The third kappa shape index (κ3) is 5.12. The van der Waals surface area contributed by atoms with Crippen LogP contribution in [0.1, 0.15) is 40.8 Å². The molecule has 34 heavy (non-hydrogen) atoms. The fraction of sp³-hybridized carbons (Fsp3) is 0.214. The van der Waals surface area contributed by atoms with Crippen molar-refractivity contribution in [2.45, 2.75) is 33.4 Å². The van der Waals surface area contributed by atoms with Crippen LogP contribution < -0.4 is 15.4 Å². The van der Waals surface area contributed by atoms with Gasteiger partial charge < -0.3 is 20.1 Å². The van der Waals surface area contributed by atoms with Crippen molar-refractivity contribution >= 4 is 17.7 Å². The van der Waals surface area contributed by atoms with Crippen LogP contribution in [-0.2, 0) is 16.1 Å². The number of amides is 2. The molecule has 1 heterocycles. The minimum absolute atomic E-state index is 0.232. The Morgan fingerprint density at radius 2 is 1.71 bits per heavy atom. The van der Waals surface area contributed by atoms with Gasteiger partial charge in [0.25, 0.3) is 0 Å². The summed E-state index contributed by atoms with van der Waals surface area (Å²) >= 11 is 0. The first-order valence-electron chi connectivity index (χ1n) is 11.3. The van der Waals surface area contributed by atoms with Crippen LogP contribution in [0, 0.1) is 13.8 Å². The van der Waals surface area contributed by atoms with Gasteiger partial charge in [-0.05, 0) is 55.2 Å². The van der Waals surface area contributed by atoms with Crippen molar-refractivity contribution in [1.82, 2.24) is 10.6 Å². The molecule has 1 aliphatic heterocycles. The second kappa shape index (κ2) is 10.3. The van der Waals surface area contributed by atoms with Crippen LogP contribution in [0.25, 0.3) is 5.70 Å². The second-order valence-electron chi connectivity index (χ2n) is 8.19. The first-order chi connectivity index (χ1) is 16.5. The summed E-state index contributed by atoms with van der Waals surface area (Å²) in [6, 6.07) is 22.0. The lowest BCUT2D eigenvalue weighted by molar-refractivity contribution is -0.138. The van der Waals surface area contributed by atoms with Crippen molar-refractivity contribution in [2.75, 3.05) is 6.61 Å². The molecule has 0 aromatic heterocycles. The van der Waals surface area contributed by atoms with Crippen molar-refractivity contribution in [1.29, 1.82) is 0 Å². The standard InChI is InChI=1S/C28H28N2O4/c1-4-33-27(31)24-25(20-8-6-5-7-9-20)29-28(32)30-26(24)21-12-14-23(15-13-21)34-17-22-16-18(2)10-11-19(22)3/h5-16,26H,4,17H2,1-3H3,(H2,29,30,32). The highest BCUT2D eigenvalue weighted by molar-refractivity contribution is 6.04. The van der Waals surface area contributed by atoms with E-state index in [1.54, 1.807) is 6.92 Å². The molecule has 0 saturated heterocycles. The molecule has 0 fully saturated rings. The number of hydrogen-bond donors (Lipinski definition) is 2. The van der Waals surface area contributed by atoms with Crippen molar-refractivity contribution < 1.29 is 19.1 Å². The normalized spacial score (nSPS) is 15.4. The van der Waals surface area contributed by atoms with E-state index in [4.69, 9.17) is 9.47 Å². The van der Waals surface area contributed by atoms with Crippen LogP contribution in [0.15, 0.2) is 78.4 Å². The van der Waals surface area contributed by atoms with Gasteiger partial charge in [0, 0.05) is 0 Å². The number of esters is 1. The molecule has 1 unspecified atom stereocenters. The van der Waals surface area contributed by atoms with Crippen LogP contribution in [0.5, 0.6) is 5.75 Å². The lowest BCUT2D eigenvalue weighted by Gasteiger charge is -2.29. The molecule has 0 spiro atoms. The Hall–Kier alpha value is -4.06. The number of hydrogen-bond acceptors (Lipinski definition) is 4. The number of nitrogens with one attached hydrogen (secondary N) is 2. The molecule has 0 bridgehead atoms. The van der Waals surface area contributed by atoms with E-state index >= 15 is 0 Å². The molecule has 6 nitrogen and oxygen atoms in total. The predicted octanol–water partition coefficient (Wildman–Crippen LogP) is 5.21. The highest BCUT2D eigenvalue weighted by Crippen LogP contribution is 2.32. The number of carbonyl (C=O) groups is 2. The zero-order valence-corrected chi connectivity index (χ0v) is 19.6. The van der Waals surface area contributed by atoms with E-state index in [2.05, 4.69) is 42.7 Å². The zero-order chi connectivity index (χ0) is 24.1. The highest BCUT2D eigenvalue weighted by atomic mass is 16.5. The Morgan fingerprint density at radius 3 is 2.41 bits per heavy atom. The summed E-state index contributed by atoms with van der Waals surface area (Å²) in [5, 5.41) is 5.65. The van der Waals surface area contributed by atoms with Gasteiger partial charge in [-0.15, -0.1) is 0 Å². The second-order valence-corrected chi connectivity index (χ2v) is 8.19. The number of urea groups is 1. The average Bonchev–Trinajstić information content (AvgIpc) is 2.85. The molecule has 0 saturated carbocycles. The SMILES string of the molecule is CCOC(=O)C1=C(c2ccccc2)NC(=O)NC1c1ccc(OCc2cc(C)ccc2C)cc1. The molecule has 6 heteroatoms. The van der Waals surface area contributed by atoms with Crippen LogP contribution >= 0.6 is 0 Å². The van der Waals surface area contributed by atoms with Crippen molar-refractivity contribution in [2.24, 2.45) is 0 Å². The van der Waals surface area contributed by atoms with Crippen LogP contribution in [0.2, 0.25) is 0 Å². The molecule has 1 aliphatic rings. The quantitative estimate of drug-likeness (QED) is 0.479. The first-order valence-corrected chi connectivity index (χ1v) is 11.3. The Bertz CT molecular complexity index is 1220. The maximum absolute atomic E-state index is 13.0. The smallest absolute Gasteiger partial charge is 0.338 e. The molecule has 3 aromatic rings. The summed E-state index contributed by atoms with van der Waals surface area (Å²) in [5.41, 5.74) is 5.80. The molecule has 2 amide bonds. The monoisotopic (exact) mass is 456 g/mol. The molecule has 3 aromatic carbocycles. The van der Waals surface area contributed by atoms with E-state index in [1.807, 2.05) is 54.6 Å². The van der Waals surface area contributed by atoms with E-state index in [-0.39, 0.29) is 12.6 Å². The third-order valence-electron chi connectivity index (χ3n) is 5.74. The third-order valence-corrected chi connectivity index (χ3v) is 5.74. The fourth-order valence-corrected chi connectivity index (χ4v) is 3.95. The lowest BCUT2D eigenvalue weighted by atomic mass is 9.92. The van der Waals surface area contributed by atoms with Crippen molar-refractivity contribution in [3.63, 3.8) is 0 Å². The average molecular weight is 457 g/mol. The van der Waals surface area contributed by atoms with Gasteiger partial charge in [0.15, 0.2) is 0 Å². The molecule has 1 atom stereocenters. The maximum Gasteiger partial charge on any atom is 0.338 e. The van der Waals surface area contributed by atoms with E-state index < -0.39 is 12.0 Å². The van der Waals surface area contributed by atoms with Crippen molar-refractivity contribution in [3.05, 3.63) is 106 Å².